The molecule has 0 saturated heterocycles. The van der Waals surface area contributed by atoms with Gasteiger partial charge in [-0.25, -0.2) is 0 Å². The summed E-state index contributed by atoms with van der Waals surface area (Å²) < 4.78 is 7.31. The van der Waals surface area contributed by atoms with Crippen molar-refractivity contribution in [2.24, 2.45) is 0 Å². The lowest BCUT2D eigenvalue weighted by Gasteiger charge is -2.18. The lowest BCUT2D eigenvalue weighted by Crippen LogP contribution is -2.22. The molecular weight excluding hydrogens is 252 g/mol. The first kappa shape index (κ1) is 14.3. The molecule has 0 bridgehead atoms. The fourth-order valence-corrected chi connectivity index (χ4v) is 1.94. The molecule has 0 radical (unpaired) electrons. The van der Waals surface area contributed by atoms with Crippen LogP contribution in [0, 0.1) is 0 Å². The van der Waals surface area contributed by atoms with Gasteiger partial charge in [-0.2, -0.15) is 5.10 Å². The molecule has 0 amide bonds. The molecule has 106 valence electrons. The fourth-order valence-electron chi connectivity index (χ4n) is 1.94. The van der Waals surface area contributed by atoms with Crippen molar-refractivity contribution in [2.75, 3.05) is 6.61 Å². The third-order valence-electron chi connectivity index (χ3n) is 2.98. The van der Waals surface area contributed by atoms with Gasteiger partial charge in [0.05, 0.1) is 17.7 Å². The highest BCUT2D eigenvalue weighted by atomic mass is 16.5. The summed E-state index contributed by atoms with van der Waals surface area (Å²) in [7, 11) is 0. The summed E-state index contributed by atoms with van der Waals surface area (Å²) in [6.07, 6.45) is 2.63. The number of hydrogen-bond donors (Lipinski definition) is 0. The van der Waals surface area contributed by atoms with Crippen molar-refractivity contribution in [1.29, 1.82) is 0 Å². The average Bonchev–Trinajstić information content (AvgIpc) is 2.83. The van der Waals surface area contributed by atoms with Crippen molar-refractivity contribution in [3.8, 4) is 17.0 Å². The van der Waals surface area contributed by atoms with E-state index >= 15 is 0 Å². The van der Waals surface area contributed by atoms with E-state index in [4.69, 9.17) is 4.74 Å². The summed E-state index contributed by atoms with van der Waals surface area (Å²) in [6.45, 7) is 8.71. The number of benzene rings is 1. The number of hydrogen-bond acceptors (Lipinski definition) is 3. The molecule has 0 unspecified atom stereocenters. The Labute approximate surface area is 119 Å². The van der Waals surface area contributed by atoms with Crippen LogP contribution in [0.15, 0.2) is 30.5 Å². The van der Waals surface area contributed by atoms with Gasteiger partial charge >= 0.3 is 0 Å². The SMILES string of the molecule is CCOc1cccc(-c2nn(C(C)(C)C)cc2C=O)c1. The van der Waals surface area contributed by atoms with Gasteiger partial charge in [0.15, 0.2) is 6.29 Å². The molecule has 1 aromatic heterocycles. The van der Waals surface area contributed by atoms with Gasteiger partial charge in [-0.3, -0.25) is 9.48 Å². The number of aldehydes is 1. The predicted octanol–water partition coefficient (Wildman–Crippen LogP) is 3.52. The van der Waals surface area contributed by atoms with Gasteiger partial charge in [-0.1, -0.05) is 12.1 Å². The summed E-state index contributed by atoms with van der Waals surface area (Å²) in [5, 5.41) is 4.55. The Morgan fingerprint density at radius 1 is 1.35 bits per heavy atom. The topological polar surface area (TPSA) is 44.1 Å². The van der Waals surface area contributed by atoms with Crippen molar-refractivity contribution in [3.05, 3.63) is 36.0 Å². The second-order valence-electron chi connectivity index (χ2n) is 5.63. The van der Waals surface area contributed by atoms with Crippen LogP contribution >= 0.6 is 0 Å². The van der Waals surface area contributed by atoms with E-state index < -0.39 is 0 Å². The van der Waals surface area contributed by atoms with Crippen molar-refractivity contribution < 1.29 is 9.53 Å². The third kappa shape index (κ3) is 2.90. The van der Waals surface area contributed by atoms with Gasteiger partial charge in [0, 0.05) is 11.8 Å². The van der Waals surface area contributed by atoms with Gasteiger partial charge in [-0.15, -0.1) is 0 Å². The normalized spacial score (nSPS) is 11.4. The van der Waals surface area contributed by atoms with E-state index in [0.717, 1.165) is 17.6 Å². The molecule has 4 nitrogen and oxygen atoms in total. The average molecular weight is 272 g/mol. The van der Waals surface area contributed by atoms with E-state index in [2.05, 4.69) is 25.9 Å². The second-order valence-corrected chi connectivity index (χ2v) is 5.63. The first-order chi connectivity index (χ1) is 9.45. The molecule has 4 heteroatoms. The molecule has 2 aromatic rings. The number of ether oxygens (including phenoxy) is 1. The van der Waals surface area contributed by atoms with Gasteiger partial charge in [0.2, 0.25) is 0 Å². The van der Waals surface area contributed by atoms with Crippen molar-refractivity contribution in [2.45, 2.75) is 33.2 Å². The van der Waals surface area contributed by atoms with Crippen LogP contribution in [-0.2, 0) is 5.54 Å². The predicted molar refractivity (Wildman–Crippen MR) is 79.2 cm³/mol. The summed E-state index contributed by atoms with van der Waals surface area (Å²) >= 11 is 0. The van der Waals surface area contributed by atoms with Crippen LogP contribution in [-0.4, -0.2) is 22.7 Å². The Morgan fingerprint density at radius 3 is 2.70 bits per heavy atom. The molecule has 1 aromatic carbocycles. The highest BCUT2D eigenvalue weighted by Gasteiger charge is 2.18. The molecule has 20 heavy (non-hydrogen) atoms. The first-order valence-electron chi connectivity index (χ1n) is 6.74. The third-order valence-corrected chi connectivity index (χ3v) is 2.98. The molecule has 0 spiro atoms. The van der Waals surface area contributed by atoms with Gasteiger partial charge < -0.3 is 4.74 Å². The molecule has 0 atom stereocenters. The number of aromatic nitrogens is 2. The summed E-state index contributed by atoms with van der Waals surface area (Å²) in [5.41, 5.74) is 2.01. The largest absolute Gasteiger partial charge is 0.494 e. The van der Waals surface area contributed by atoms with Crippen LogP contribution in [0.4, 0.5) is 0 Å². The van der Waals surface area contributed by atoms with E-state index in [0.29, 0.717) is 17.9 Å². The Bertz CT molecular complexity index is 609. The minimum Gasteiger partial charge on any atom is -0.494 e. The van der Waals surface area contributed by atoms with Crippen LogP contribution in [0.2, 0.25) is 0 Å². The van der Waals surface area contributed by atoms with E-state index in [1.807, 2.05) is 35.9 Å². The van der Waals surface area contributed by atoms with Crippen molar-refractivity contribution >= 4 is 6.29 Å². The zero-order valence-electron chi connectivity index (χ0n) is 12.4. The maximum atomic E-state index is 11.3. The van der Waals surface area contributed by atoms with E-state index in [1.54, 1.807) is 6.20 Å². The molecule has 0 aliphatic rings. The van der Waals surface area contributed by atoms with Crippen molar-refractivity contribution in [3.63, 3.8) is 0 Å². The number of rotatable bonds is 4. The fraction of sp³-hybridized carbons (Fsp3) is 0.375. The van der Waals surface area contributed by atoms with E-state index in [9.17, 15) is 4.79 Å². The Morgan fingerprint density at radius 2 is 2.10 bits per heavy atom. The summed E-state index contributed by atoms with van der Waals surface area (Å²) in [6, 6.07) is 7.65. The Balaban J connectivity index is 2.49. The van der Waals surface area contributed by atoms with Crippen LogP contribution in [0.3, 0.4) is 0 Å². The lowest BCUT2D eigenvalue weighted by molar-refractivity contribution is 0.112. The van der Waals surface area contributed by atoms with E-state index in [1.165, 1.54) is 0 Å². The van der Waals surface area contributed by atoms with Gasteiger partial charge in [0.1, 0.15) is 11.4 Å². The van der Waals surface area contributed by atoms with Crippen molar-refractivity contribution in [1.82, 2.24) is 9.78 Å². The highest BCUT2D eigenvalue weighted by molar-refractivity contribution is 5.85. The number of carbonyl (C=O) groups excluding carboxylic acids is 1. The molecule has 0 saturated carbocycles. The maximum absolute atomic E-state index is 11.3. The Kier molecular flexibility index (Phi) is 3.93. The zero-order valence-corrected chi connectivity index (χ0v) is 12.4. The molecule has 0 fully saturated rings. The smallest absolute Gasteiger partial charge is 0.153 e. The number of carbonyl (C=O) groups is 1. The van der Waals surface area contributed by atoms with Crippen LogP contribution in [0.25, 0.3) is 11.3 Å². The zero-order chi connectivity index (χ0) is 14.8. The van der Waals surface area contributed by atoms with Crippen LogP contribution in [0.5, 0.6) is 5.75 Å². The summed E-state index contributed by atoms with van der Waals surface area (Å²) in [4.78, 5) is 11.3. The second kappa shape index (κ2) is 5.49. The maximum Gasteiger partial charge on any atom is 0.153 e. The molecule has 1 heterocycles. The molecule has 0 aliphatic heterocycles. The van der Waals surface area contributed by atoms with Crippen LogP contribution < -0.4 is 4.74 Å². The van der Waals surface area contributed by atoms with Gasteiger partial charge in [0.25, 0.3) is 0 Å². The van der Waals surface area contributed by atoms with Crippen LogP contribution in [0.1, 0.15) is 38.1 Å². The summed E-state index contributed by atoms with van der Waals surface area (Å²) in [5.74, 6) is 0.784. The molecule has 0 aliphatic carbocycles. The monoisotopic (exact) mass is 272 g/mol. The Hall–Kier alpha value is -2.10. The lowest BCUT2D eigenvalue weighted by atomic mass is 10.1. The molecular formula is C16H20N2O2. The number of nitrogens with zero attached hydrogens (tertiary/aromatic N) is 2. The van der Waals surface area contributed by atoms with Gasteiger partial charge in [-0.05, 0) is 39.8 Å². The van der Waals surface area contributed by atoms with E-state index in [-0.39, 0.29) is 5.54 Å². The highest BCUT2D eigenvalue weighted by Crippen LogP contribution is 2.27. The minimum absolute atomic E-state index is 0.159. The molecule has 2 rings (SSSR count). The standard InChI is InChI=1S/C16H20N2O2/c1-5-20-14-8-6-7-12(9-14)15-13(11-19)10-18(17-15)16(2,3)4/h6-11H,5H2,1-4H3. The quantitative estimate of drug-likeness (QED) is 0.800. The molecule has 0 N–H and O–H groups in total. The minimum atomic E-state index is -0.159. The first-order valence-corrected chi connectivity index (χ1v) is 6.74.